The molecule has 2 aromatic rings. The molecule has 2 unspecified atom stereocenters. The molecule has 0 heterocycles. The summed E-state index contributed by atoms with van der Waals surface area (Å²) >= 11 is 0. The maximum absolute atomic E-state index is 13.5. The Labute approximate surface area is 175 Å². The van der Waals surface area contributed by atoms with Crippen LogP contribution in [0.2, 0.25) is 0 Å². The summed E-state index contributed by atoms with van der Waals surface area (Å²) in [5.74, 6) is -2.86. The topological polar surface area (TPSA) is 95.5 Å². The average Bonchev–Trinajstić information content (AvgIpc) is 2.68. The lowest BCUT2D eigenvalue weighted by molar-refractivity contribution is -0.142. The van der Waals surface area contributed by atoms with Crippen molar-refractivity contribution in [2.24, 2.45) is 5.92 Å². The fourth-order valence-electron chi connectivity index (χ4n) is 3.01. The summed E-state index contributed by atoms with van der Waals surface area (Å²) in [6.07, 6.45) is 0.428. The van der Waals surface area contributed by atoms with E-state index in [1.54, 1.807) is 0 Å². The highest BCUT2D eigenvalue weighted by Gasteiger charge is 2.27. The van der Waals surface area contributed by atoms with E-state index in [0.717, 1.165) is 17.2 Å². The summed E-state index contributed by atoms with van der Waals surface area (Å²) in [5.41, 5.74) is 1.93. The molecule has 0 fully saturated rings. The third-order valence-corrected chi connectivity index (χ3v) is 4.59. The van der Waals surface area contributed by atoms with Crippen molar-refractivity contribution in [3.8, 4) is 0 Å². The van der Waals surface area contributed by atoms with E-state index in [4.69, 9.17) is 0 Å². The lowest BCUT2D eigenvalue weighted by Crippen LogP contribution is -2.52. The number of aryl methyl sites for hydroxylation is 1. The Morgan fingerprint density at radius 1 is 1.00 bits per heavy atom. The second-order valence-corrected chi connectivity index (χ2v) is 7.76. The van der Waals surface area contributed by atoms with Crippen LogP contribution in [0.1, 0.15) is 41.8 Å². The Hall–Kier alpha value is -3.22. The first-order valence-electron chi connectivity index (χ1n) is 9.81. The highest BCUT2D eigenvalue weighted by Crippen LogP contribution is 2.10. The standard InChI is InChI=1S/C23H27FN2O4/c1-14(2)11-20(23(29)30)26-22(28)19(12-16-9-7-15(3)8-10-16)25-21(27)17-5-4-6-18(24)13-17/h4-10,13-14,19-20H,11-12H2,1-3H3,(H,25,27)(H,26,28)(H,29,30). The van der Waals surface area contributed by atoms with Crippen LogP contribution in [-0.4, -0.2) is 35.0 Å². The van der Waals surface area contributed by atoms with Crippen LogP contribution in [0.5, 0.6) is 0 Å². The first kappa shape index (κ1) is 23.1. The lowest BCUT2D eigenvalue weighted by atomic mass is 10.0. The van der Waals surface area contributed by atoms with Crippen LogP contribution >= 0.6 is 0 Å². The minimum Gasteiger partial charge on any atom is -0.480 e. The van der Waals surface area contributed by atoms with Gasteiger partial charge in [-0.3, -0.25) is 9.59 Å². The van der Waals surface area contributed by atoms with Crippen molar-refractivity contribution < 1.29 is 23.9 Å². The van der Waals surface area contributed by atoms with Crippen molar-refractivity contribution in [1.82, 2.24) is 10.6 Å². The van der Waals surface area contributed by atoms with E-state index in [0.29, 0.717) is 0 Å². The number of carbonyl (C=O) groups excluding carboxylic acids is 2. The Morgan fingerprint density at radius 3 is 2.23 bits per heavy atom. The van der Waals surface area contributed by atoms with Crippen LogP contribution in [0.3, 0.4) is 0 Å². The molecule has 0 spiro atoms. The highest BCUT2D eigenvalue weighted by molar-refractivity contribution is 5.98. The van der Waals surface area contributed by atoms with Gasteiger partial charge in [-0.2, -0.15) is 0 Å². The van der Waals surface area contributed by atoms with Crippen molar-refractivity contribution in [2.45, 2.75) is 45.7 Å². The molecule has 7 heteroatoms. The second kappa shape index (κ2) is 10.5. The smallest absolute Gasteiger partial charge is 0.326 e. The molecule has 2 amide bonds. The summed E-state index contributed by atoms with van der Waals surface area (Å²) in [6.45, 7) is 5.65. The Kier molecular flexibility index (Phi) is 8.09. The largest absolute Gasteiger partial charge is 0.480 e. The third kappa shape index (κ3) is 6.99. The molecule has 0 aromatic heterocycles. The van der Waals surface area contributed by atoms with Crippen LogP contribution in [0.15, 0.2) is 48.5 Å². The molecule has 160 valence electrons. The number of aliphatic carboxylic acids is 1. The first-order valence-corrected chi connectivity index (χ1v) is 9.81. The maximum atomic E-state index is 13.5. The van der Waals surface area contributed by atoms with Gasteiger partial charge in [0.25, 0.3) is 5.91 Å². The fourth-order valence-corrected chi connectivity index (χ4v) is 3.01. The molecule has 0 aliphatic carbocycles. The Balaban J connectivity index is 2.22. The first-order chi connectivity index (χ1) is 14.2. The minimum atomic E-state index is -1.14. The molecule has 0 saturated carbocycles. The van der Waals surface area contributed by atoms with Gasteiger partial charge in [-0.15, -0.1) is 0 Å². The predicted octanol–water partition coefficient (Wildman–Crippen LogP) is 3.09. The van der Waals surface area contributed by atoms with Gasteiger partial charge in [0.1, 0.15) is 17.9 Å². The van der Waals surface area contributed by atoms with Gasteiger partial charge in [0.15, 0.2) is 0 Å². The molecule has 2 aromatic carbocycles. The number of hydrogen-bond acceptors (Lipinski definition) is 3. The van der Waals surface area contributed by atoms with E-state index < -0.39 is 35.7 Å². The summed E-state index contributed by atoms with van der Waals surface area (Å²) in [4.78, 5) is 37.0. The van der Waals surface area contributed by atoms with Crippen molar-refractivity contribution in [1.29, 1.82) is 0 Å². The zero-order valence-electron chi connectivity index (χ0n) is 17.3. The molecule has 30 heavy (non-hydrogen) atoms. The monoisotopic (exact) mass is 414 g/mol. The number of carboxylic acid groups (broad SMARTS) is 1. The molecule has 0 radical (unpaired) electrons. The quantitative estimate of drug-likeness (QED) is 0.588. The van der Waals surface area contributed by atoms with Crippen LogP contribution in [0.25, 0.3) is 0 Å². The van der Waals surface area contributed by atoms with Crippen LogP contribution in [0, 0.1) is 18.7 Å². The lowest BCUT2D eigenvalue weighted by Gasteiger charge is -2.22. The van der Waals surface area contributed by atoms with Gasteiger partial charge in [0.05, 0.1) is 0 Å². The molecular formula is C23H27FN2O4. The van der Waals surface area contributed by atoms with Gasteiger partial charge < -0.3 is 15.7 Å². The SMILES string of the molecule is Cc1ccc(CC(NC(=O)c2cccc(F)c2)C(=O)NC(CC(C)C)C(=O)O)cc1. The molecule has 6 nitrogen and oxygen atoms in total. The van der Waals surface area contributed by atoms with Crippen molar-refractivity contribution in [3.63, 3.8) is 0 Å². The maximum Gasteiger partial charge on any atom is 0.326 e. The zero-order valence-corrected chi connectivity index (χ0v) is 17.3. The molecule has 2 rings (SSSR count). The molecule has 0 aliphatic rings. The van der Waals surface area contributed by atoms with Crippen LogP contribution in [-0.2, 0) is 16.0 Å². The summed E-state index contributed by atoms with van der Waals surface area (Å²) in [5, 5.41) is 14.6. The predicted molar refractivity (Wildman–Crippen MR) is 112 cm³/mol. The molecule has 0 aliphatic heterocycles. The second-order valence-electron chi connectivity index (χ2n) is 7.76. The van der Waals surface area contributed by atoms with Crippen molar-refractivity contribution in [3.05, 3.63) is 71.0 Å². The summed E-state index contributed by atoms with van der Waals surface area (Å²) < 4.78 is 13.5. The van der Waals surface area contributed by atoms with E-state index in [-0.39, 0.29) is 24.3 Å². The fraction of sp³-hybridized carbons (Fsp3) is 0.348. The minimum absolute atomic E-state index is 0.0591. The molecular weight excluding hydrogens is 387 g/mol. The normalized spacial score (nSPS) is 12.8. The molecule has 0 bridgehead atoms. The van der Waals surface area contributed by atoms with Gasteiger partial charge in [0.2, 0.25) is 5.91 Å². The van der Waals surface area contributed by atoms with Crippen molar-refractivity contribution in [2.75, 3.05) is 0 Å². The van der Waals surface area contributed by atoms with Gasteiger partial charge >= 0.3 is 5.97 Å². The molecule has 2 atom stereocenters. The van der Waals surface area contributed by atoms with Crippen LogP contribution < -0.4 is 10.6 Å². The van der Waals surface area contributed by atoms with E-state index in [9.17, 15) is 23.9 Å². The van der Waals surface area contributed by atoms with E-state index in [1.807, 2.05) is 45.0 Å². The van der Waals surface area contributed by atoms with E-state index in [2.05, 4.69) is 10.6 Å². The Morgan fingerprint density at radius 2 is 1.67 bits per heavy atom. The molecule has 0 saturated heterocycles. The third-order valence-electron chi connectivity index (χ3n) is 4.59. The van der Waals surface area contributed by atoms with Gasteiger partial charge in [0, 0.05) is 12.0 Å². The van der Waals surface area contributed by atoms with Crippen LogP contribution in [0.4, 0.5) is 4.39 Å². The Bertz CT molecular complexity index is 896. The average molecular weight is 414 g/mol. The highest BCUT2D eigenvalue weighted by atomic mass is 19.1. The number of amides is 2. The number of rotatable bonds is 9. The zero-order chi connectivity index (χ0) is 22.3. The number of carbonyl (C=O) groups is 3. The number of benzene rings is 2. The summed E-state index contributed by atoms with van der Waals surface area (Å²) in [6, 6.07) is 10.5. The molecule has 3 N–H and O–H groups in total. The van der Waals surface area contributed by atoms with E-state index in [1.165, 1.54) is 18.2 Å². The number of carboxylic acids is 1. The van der Waals surface area contributed by atoms with Gasteiger partial charge in [-0.1, -0.05) is 49.7 Å². The number of halogens is 1. The van der Waals surface area contributed by atoms with Gasteiger partial charge in [-0.25, -0.2) is 9.18 Å². The van der Waals surface area contributed by atoms with E-state index >= 15 is 0 Å². The number of hydrogen-bond donors (Lipinski definition) is 3. The van der Waals surface area contributed by atoms with Crippen molar-refractivity contribution >= 4 is 17.8 Å². The number of nitrogens with one attached hydrogen (secondary N) is 2. The summed E-state index contributed by atoms with van der Waals surface area (Å²) in [7, 11) is 0. The van der Waals surface area contributed by atoms with Gasteiger partial charge in [-0.05, 0) is 43.0 Å².